The largest absolute Gasteiger partial charge is 0.490 e. The summed E-state index contributed by atoms with van der Waals surface area (Å²) in [7, 11) is 0. The zero-order valence-corrected chi connectivity index (χ0v) is 10.3. The van der Waals surface area contributed by atoms with Crippen LogP contribution in [0.4, 0.5) is 0 Å². The second-order valence-corrected chi connectivity index (χ2v) is 4.21. The number of hydrogen-bond acceptors (Lipinski definition) is 2. The molecule has 1 atom stereocenters. The molecule has 0 spiro atoms. The number of nitrogens with one attached hydrogen (secondary N) is 1. The second kappa shape index (κ2) is 5.75. The molecule has 0 saturated carbocycles. The van der Waals surface area contributed by atoms with Gasteiger partial charge in [-0.15, -0.1) is 0 Å². The Hall–Kier alpha value is -1.22. The molecule has 0 saturated heterocycles. The van der Waals surface area contributed by atoms with Crippen LogP contribution >= 0.6 is 11.6 Å². The summed E-state index contributed by atoms with van der Waals surface area (Å²) in [5, 5.41) is 8.01. The van der Waals surface area contributed by atoms with E-state index in [0.717, 1.165) is 12.8 Å². The molecule has 0 aliphatic carbocycles. The van der Waals surface area contributed by atoms with Crippen molar-refractivity contribution in [3.05, 3.63) is 28.8 Å². The van der Waals surface area contributed by atoms with Gasteiger partial charge < -0.3 is 10.5 Å². The molecular weight excluding hydrogens is 224 g/mol. The quantitative estimate of drug-likeness (QED) is 0.613. The first kappa shape index (κ1) is 12.8. The SMILES string of the molecule is CCCC(C)Oc1ccc(Cl)cc1C(=N)N. The Bertz CT molecular complexity index is 379. The van der Waals surface area contributed by atoms with Gasteiger partial charge in [0.25, 0.3) is 0 Å². The highest BCUT2D eigenvalue weighted by Crippen LogP contribution is 2.24. The monoisotopic (exact) mass is 240 g/mol. The van der Waals surface area contributed by atoms with E-state index >= 15 is 0 Å². The van der Waals surface area contributed by atoms with Gasteiger partial charge in [-0.1, -0.05) is 24.9 Å². The van der Waals surface area contributed by atoms with E-state index in [1.54, 1.807) is 18.2 Å². The molecule has 0 bridgehead atoms. The van der Waals surface area contributed by atoms with Crippen molar-refractivity contribution in [3.63, 3.8) is 0 Å². The molecule has 0 aliphatic heterocycles. The first-order valence-electron chi connectivity index (χ1n) is 5.35. The van der Waals surface area contributed by atoms with Gasteiger partial charge in [-0.05, 0) is 31.5 Å². The lowest BCUT2D eigenvalue weighted by Crippen LogP contribution is -2.17. The van der Waals surface area contributed by atoms with Crippen LogP contribution < -0.4 is 10.5 Å². The lowest BCUT2D eigenvalue weighted by molar-refractivity contribution is 0.209. The van der Waals surface area contributed by atoms with Crippen LogP contribution in [-0.4, -0.2) is 11.9 Å². The van der Waals surface area contributed by atoms with Crippen molar-refractivity contribution in [1.29, 1.82) is 5.41 Å². The Morgan fingerprint density at radius 1 is 1.56 bits per heavy atom. The van der Waals surface area contributed by atoms with Crippen LogP contribution in [0.2, 0.25) is 5.02 Å². The molecule has 3 nitrogen and oxygen atoms in total. The minimum Gasteiger partial charge on any atom is -0.490 e. The first-order valence-corrected chi connectivity index (χ1v) is 5.73. The van der Waals surface area contributed by atoms with Gasteiger partial charge in [-0.25, -0.2) is 0 Å². The molecule has 0 aliphatic rings. The highest BCUT2D eigenvalue weighted by molar-refractivity contribution is 6.31. The van der Waals surface area contributed by atoms with Gasteiger partial charge in [-0.2, -0.15) is 0 Å². The molecule has 0 heterocycles. The fourth-order valence-electron chi connectivity index (χ4n) is 1.50. The first-order chi connectivity index (χ1) is 7.54. The summed E-state index contributed by atoms with van der Waals surface area (Å²) in [6, 6.07) is 5.14. The van der Waals surface area contributed by atoms with Crippen LogP contribution in [-0.2, 0) is 0 Å². The number of hydrogen-bond donors (Lipinski definition) is 2. The third-order valence-corrected chi connectivity index (χ3v) is 2.49. The fraction of sp³-hybridized carbons (Fsp3) is 0.417. The second-order valence-electron chi connectivity index (χ2n) is 3.77. The fourth-order valence-corrected chi connectivity index (χ4v) is 1.67. The smallest absolute Gasteiger partial charge is 0.130 e. The Labute approximate surface area is 101 Å². The number of benzene rings is 1. The zero-order valence-electron chi connectivity index (χ0n) is 9.59. The molecule has 0 fully saturated rings. The van der Waals surface area contributed by atoms with Crippen LogP contribution in [0.1, 0.15) is 32.3 Å². The maximum absolute atomic E-state index is 7.46. The van der Waals surface area contributed by atoms with Gasteiger partial charge in [0.2, 0.25) is 0 Å². The molecular formula is C12H17ClN2O. The molecule has 0 radical (unpaired) electrons. The third-order valence-electron chi connectivity index (χ3n) is 2.26. The van der Waals surface area contributed by atoms with E-state index in [2.05, 4.69) is 6.92 Å². The van der Waals surface area contributed by atoms with Crippen molar-refractivity contribution in [3.8, 4) is 5.75 Å². The van der Waals surface area contributed by atoms with Crippen molar-refractivity contribution in [2.45, 2.75) is 32.8 Å². The third kappa shape index (κ3) is 3.42. The van der Waals surface area contributed by atoms with Crippen molar-refractivity contribution in [2.24, 2.45) is 5.73 Å². The Balaban J connectivity index is 2.90. The van der Waals surface area contributed by atoms with E-state index in [1.807, 2.05) is 6.92 Å². The van der Waals surface area contributed by atoms with Crippen LogP contribution in [0.5, 0.6) is 5.75 Å². The van der Waals surface area contributed by atoms with Crippen LogP contribution in [0.25, 0.3) is 0 Å². The van der Waals surface area contributed by atoms with Gasteiger partial charge in [0.05, 0.1) is 11.7 Å². The standard InChI is InChI=1S/C12H17ClN2O/c1-3-4-8(2)16-11-6-5-9(13)7-10(11)12(14)15/h5-8H,3-4H2,1-2H3,(H3,14,15). The minimum atomic E-state index is -0.0267. The van der Waals surface area contributed by atoms with Gasteiger partial charge >= 0.3 is 0 Å². The van der Waals surface area contributed by atoms with E-state index in [1.165, 1.54) is 0 Å². The normalized spacial score (nSPS) is 12.2. The van der Waals surface area contributed by atoms with Crippen LogP contribution in [0, 0.1) is 5.41 Å². The number of nitrogen functional groups attached to an aromatic ring is 1. The highest BCUT2D eigenvalue weighted by atomic mass is 35.5. The van der Waals surface area contributed by atoms with Gasteiger partial charge in [0, 0.05) is 5.02 Å². The Morgan fingerprint density at radius 3 is 2.81 bits per heavy atom. The molecule has 88 valence electrons. The van der Waals surface area contributed by atoms with E-state index < -0.39 is 0 Å². The van der Waals surface area contributed by atoms with E-state index in [0.29, 0.717) is 16.3 Å². The summed E-state index contributed by atoms with van der Waals surface area (Å²) in [4.78, 5) is 0. The molecule has 1 aromatic carbocycles. The molecule has 0 aromatic heterocycles. The topological polar surface area (TPSA) is 59.1 Å². The number of ether oxygens (including phenoxy) is 1. The molecule has 0 amide bonds. The lowest BCUT2D eigenvalue weighted by Gasteiger charge is -2.16. The summed E-state index contributed by atoms with van der Waals surface area (Å²) in [6.45, 7) is 4.11. The Morgan fingerprint density at radius 2 is 2.25 bits per heavy atom. The van der Waals surface area contributed by atoms with Gasteiger partial charge in [0.15, 0.2) is 0 Å². The molecule has 1 rings (SSSR count). The predicted molar refractivity (Wildman–Crippen MR) is 67.5 cm³/mol. The molecule has 1 aromatic rings. The number of rotatable bonds is 5. The molecule has 4 heteroatoms. The highest BCUT2D eigenvalue weighted by Gasteiger charge is 2.10. The van der Waals surface area contributed by atoms with Crippen molar-refractivity contribution < 1.29 is 4.74 Å². The predicted octanol–water partition coefficient (Wildman–Crippen LogP) is 3.19. The number of amidine groups is 1. The summed E-state index contributed by atoms with van der Waals surface area (Å²) < 4.78 is 5.72. The van der Waals surface area contributed by atoms with Gasteiger partial charge in [-0.3, -0.25) is 5.41 Å². The number of nitrogens with two attached hydrogens (primary N) is 1. The van der Waals surface area contributed by atoms with Crippen LogP contribution in [0.15, 0.2) is 18.2 Å². The number of halogens is 1. The molecule has 1 unspecified atom stereocenters. The van der Waals surface area contributed by atoms with E-state index in [9.17, 15) is 0 Å². The lowest BCUT2D eigenvalue weighted by atomic mass is 10.1. The minimum absolute atomic E-state index is 0.0267. The summed E-state index contributed by atoms with van der Waals surface area (Å²) >= 11 is 5.85. The van der Waals surface area contributed by atoms with Crippen molar-refractivity contribution >= 4 is 17.4 Å². The van der Waals surface area contributed by atoms with Crippen molar-refractivity contribution in [1.82, 2.24) is 0 Å². The molecule has 3 N–H and O–H groups in total. The van der Waals surface area contributed by atoms with E-state index in [4.69, 9.17) is 27.5 Å². The summed E-state index contributed by atoms with van der Waals surface area (Å²) in [5.41, 5.74) is 6.03. The maximum atomic E-state index is 7.46. The van der Waals surface area contributed by atoms with Crippen molar-refractivity contribution in [2.75, 3.05) is 0 Å². The van der Waals surface area contributed by atoms with E-state index in [-0.39, 0.29) is 11.9 Å². The zero-order chi connectivity index (χ0) is 12.1. The summed E-state index contributed by atoms with van der Waals surface area (Å²) in [5.74, 6) is 0.596. The van der Waals surface area contributed by atoms with Gasteiger partial charge in [0.1, 0.15) is 11.6 Å². The van der Waals surface area contributed by atoms with Crippen LogP contribution in [0.3, 0.4) is 0 Å². The average molecular weight is 241 g/mol. The average Bonchev–Trinajstić information content (AvgIpc) is 2.20. The molecule has 16 heavy (non-hydrogen) atoms. The summed E-state index contributed by atoms with van der Waals surface area (Å²) in [6.07, 6.45) is 2.15. The Kier molecular flexibility index (Phi) is 4.62. The maximum Gasteiger partial charge on any atom is 0.130 e.